The number of hydrogen-bond acceptors (Lipinski definition) is 3. The fraction of sp³-hybridized carbons (Fsp3) is 0.333. The van der Waals surface area contributed by atoms with Crippen molar-refractivity contribution in [1.82, 2.24) is 4.90 Å². The van der Waals surface area contributed by atoms with Crippen LogP contribution < -0.4 is 4.74 Å². The van der Waals surface area contributed by atoms with E-state index in [-0.39, 0.29) is 23.2 Å². The van der Waals surface area contributed by atoms with E-state index in [0.717, 1.165) is 12.1 Å². The molecule has 0 unspecified atom stereocenters. The third-order valence-corrected chi connectivity index (χ3v) is 4.99. The number of rotatable bonds is 4. The highest BCUT2D eigenvalue weighted by Crippen LogP contribution is 2.29. The Morgan fingerprint density at radius 3 is 1.96 bits per heavy atom. The van der Waals surface area contributed by atoms with Gasteiger partial charge in [-0.3, -0.25) is 9.59 Å². The molecule has 1 heterocycles. The fourth-order valence-electron chi connectivity index (χ4n) is 3.32. The number of ketones is 1. The van der Waals surface area contributed by atoms with Crippen LogP contribution in [0.4, 0.5) is 13.2 Å². The number of likely N-dealkylation sites (tertiary alicyclic amines) is 1. The van der Waals surface area contributed by atoms with E-state index < -0.39 is 11.7 Å². The summed E-state index contributed by atoms with van der Waals surface area (Å²) in [5.41, 5.74) is 0.0362. The van der Waals surface area contributed by atoms with E-state index in [0.29, 0.717) is 37.2 Å². The molecule has 2 aromatic carbocycles. The Labute approximate surface area is 160 Å². The molecule has 1 aliphatic rings. The molecular formula is C21H20F3NO3. The summed E-state index contributed by atoms with van der Waals surface area (Å²) < 4.78 is 43.0. The molecule has 1 saturated heterocycles. The minimum Gasteiger partial charge on any atom is -0.497 e. The number of hydrogen-bond donors (Lipinski definition) is 0. The molecule has 0 bridgehead atoms. The smallest absolute Gasteiger partial charge is 0.416 e. The minimum absolute atomic E-state index is 0.0317. The third-order valence-electron chi connectivity index (χ3n) is 4.99. The van der Waals surface area contributed by atoms with Gasteiger partial charge in [-0.2, -0.15) is 13.2 Å². The van der Waals surface area contributed by atoms with Gasteiger partial charge in [0, 0.05) is 30.1 Å². The summed E-state index contributed by atoms with van der Waals surface area (Å²) >= 11 is 0. The Hall–Kier alpha value is -2.83. The number of methoxy groups -OCH3 is 1. The molecule has 7 heteroatoms. The maximum atomic E-state index is 12.6. The number of carbonyl (C=O) groups excluding carboxylic acids is 2. The van der Waals surface area contributed by atoms with Gasteiger partial charge in [0.25, 0.3) is 5.91 Å². The number of piperidine rings is 1. The zero-order valence-corrected chi connectivity index (χ0v) is 15.3. The molecule has 1 aliphatic heterocycles. The molecule has 0 N–H and O–H groups in total. The lowest BCUT2D eigenvalue weighted by atomic mass is 9.88. The predicted octanol–water partition coefficient (Wildman–Crippen LogP) is 4.45. The van der Waals surface area contributed by atoms with Crippen molar-refractivity contribution in [2.24, 2.45) is 5.92 Å². The lowest BCUT2D eigenvalue weighted by Crippen LogP contribution is -2.40. The largest absolute Gasteiger partial charge is 0.497 e. The Morgan fingerprint density at radius 2 is 1.46 bits per heavy atom. The maximum absolute atomic E-state index is 12.6. The molecule has 0 aliphatic carbocycles. The van der Waals surface area contributed by atoms with Crippen LogP contribution in [0.1, 0.15) is 39.1 Å². The first-order valence-corrected chi connectivity index (χ1v) is 8.94. The quantitative estimate of drug-likeness (QED) is 0.724. The zero-order valence-electron chi connectivity index (χ0n) is 15.3. The van der Waals surface area contributed by atoms with Crippen molar-refractivity contribution in [3.63, 3.8) is 0 Å². The summed E-state index contributed by atoms with van der Waals surface area (Å²) in [5, 5.41) is 0. The van der Waals surface area contributed by atoms with Crippen molar-refractivity contribution in [1.29, 1.82) is 0 Å². The van der Waals surface area contributed by atoms with Crippen molar-refractivity contribution in [2.75, 3.05) is 20.2 Å². The average Bonchev–Trinajstić information content (AvgIpc) is 2.72. The SMILES string of the molecule is COc1ccc(C(=O)C2CCN(C(=O)c3ccc(C(F)(F)F)cc3)CC2)cc1. The van der Waals surface area contributed by atoms with Crippen LogP contribution in [0.2, 0.25) is 0 Å². The van der Waals surface area contributed by atoms with Gasteiger partial charge in [-0.25, -0.2) is 0 Å². The molecule has 1 amide bonds. The van der Waals surface area contributed by atoms with E-state index in [2.05, 4.69) is 0 Å². The molecule has 0 spiro atoms. The lowest BCUT2D eigenvalue weighted by molar-refractivity contribution is -0.137. The number of alkyl halides is 3. The lowest BCUT2D eigenvalue weighted by Gasteiger charge is -2.31. The standard InChI is InChI=1S/C21H20F3NO3/c1-28-18-8-4-14(5-9-18)19(26)15-10-12-25(13-11-15)20(27)16-2-6-17(7-3-16)21(22,23)24/h2-9,15H,10-13H2,1H3. The average molecular weight is 391 g/mol. The first-order chi connectivity index (χ1) is 13.3. The van der Waals surface area contributed by atoms with Gasteiger partial charge >= 0.3 is 6.18 Å². The normalized spacial score (nSPS) is 15.4. The topological polar surface area (TPSA) is 46.6 Å². The van der Waals surface area contributed by atoms with Crippen molar-refractivity contribution in [3.05, 3.63) is 65.2 Å². The van der Waals surface area contributed by atoms with Crippen LogP contribution in [0.5, 0.6) is 5.75 Å². The van der Waals surface area contributed by atoms with Gasteiger partial charge in [0.05, 0.1) is 12.7 Å². The van der Waals surface area contributed by atoms with Gasteiger partial charge in [-0.1, -0.05) is 0 Å². The van der Waals surface area contributed by atoms with Crippen molar-refractivity contribution < 1.29 is 27.5 Å². The number of nitrogens with zero attached hydrogens (tertiary/aromatic N) is 1. The van der Waals surface area contributed by atoms with Crippen LogP contribution in [0.3, 0.4) is 0 Å². The van der Waals surface area contributed by atoms with Crippen LogP contribution in [-0.4, -0.2) is 36.8 Å². The molecule has 0 aromatic heterocycles. The van der Waals surface area contributed by atoms with Crippen LogP contribution in [0.25, 0.3) is 0 Å². The Kier molecular flexibility index (Phi) is 5.72. The number of Topliss-reactive ketones (excluding diaryl/α,β-unsaturated/α-hetero) is 1. The van der Waals surface area contributed by atoms with Gasteiger partial charge in [0.15, 0.2) is 5.78 Å². The summed E-state index contributed by atoms with van der Waals surface area (Å²) in [5.74, 6) is 0.215. The van der Waals surface area contributed by atoms with Crippen LogP contribution in [0.15, 0.2) is 48.5 Å². The highest BCUT2D eigenvalue weighted by Gasteiger charge is 2.31. The maximum Gasteiger partial charge on any atom is 0.416 e. The number of amides is 1. The second kappa shape index (κ2) is 8.04. The van der Waals surface area contributed by atoms with Gasteiger partial charge in [-0.05, 0) is 61.4 Å². The molecule has 0 radical (unpaired) electrons. The van der Waals surface area contributed by atoms with E-state index in [9.17, 15) is 22.8 Å². The summed E-state index contributed by atoms with van der Waals surface area (Å²) in [7, 11) is 1.56. The Balaban J connectivity index is 1.59. The molecule has 148 valence electrons. The first-order valence-electron chi connectivity index (χ1n) is 8.94. The van der Waals surface area contributed by atoms with Crippen molar-refractivity contribution in [3.8, 4) is 5.75 Å². The Morgan fingerprint density at radius 1 is 0.929 bits per heavy atom. The summed E-state index contributed by atoms with van der Waals surface area (Å²) in [6.45, 7) is 0.791. The Bertz CT molecular complexity index is 837. The van der Waals surface area contributed by atoms with Gasteiger partial charge in [0.2, 0.25) is 0 Å². The number of halogens is 3. The van der Waals surface area contributed by atoms with E-state index in [1.165, 1.54) is 12.1 Å². The van der Waals surface area contributed by atoms with E-state index in [4.69, 9.17) is 4.74 Å². The van der Waals surface area contributed by atoms with Crippen molar-refractivity contribution in [2.45, 2.75) is 19.0 Å². The molecule has 0 atom stereocenters. The van der Waals surface area contributed by atoms with Crippen molar-refractivity contribution >= 4 is 11.7 Å². The third kappa shape index (κ3) is 4.35. The second-order valence-electron chi connectivity index (χ2n) is 6.73. The van der Waals surface area contributed by atoms with E-state index in [1.54, 1.807) is 36.3 Å². The molecular weight excluding hydrogens is 371 g/mol. The minimum atomic E-state index is -4.43. The van der Waals surface area contributed by atoms with Gasteiger partial charge in [-0.15, -0.1) is 0 Å². The first kappa shape index (κ1) is 19.9. The molecule has 1 fully saturated rings. The summed E-state index contributed by atoms with van der Waals surface area (Å²) in [6.07, 6.45) is -3.38. The highest BCUT2D eigenvalue weighted by atomic mass is 19.4. The number of benzene rings is 2. The summed E-state index contributed by atoms with van der Waals surface area (Å²) in [4.78, 5) is 26.7. The molecule has 3 rings (SSSR count). The fourth-order valence-corrected chi connectivity index (χ4v) is 3.32. The highest BCUT2D eigenvalue weighted by molar-refractivity contribution is 5.98. The zero-order chi connectivity index (χ0) is 20.3. The van der Waals surface area contributed by atoms with Crippen LogP contribution in [-0.2, 0) is 6.18 Å². The van der Waals surface area contributed by atoms with Crippen LogP contribution >= 0.6 is 0 Å². The summed E-state index contributed by atoms with van der Waals surface area (Å²) in [6, 6.07) is 11.1. The van der Waals surface area contributed by atoms with E-state index >= 15 is 0 Å². The molecule has 0 saturated carbocycles. The van der Waals surface area contributed by atoms with Gasteiger partial charge < -0.3 is 9.64 Å². The molecule has 4 nitrogen and oxygen atoms in total. The predicted molar refractivity (Wildman–Crippen MR) is 97.4 cm³/mol. The van der Waals surface area contributed by atoms with E-state index in [1.807, 2.05) is 0 Å². The van der Waals surface area contributed by atoms with Gasteiger partial charge in [0.1, 0.15) is 5.75 Å². The molecule has 28 heavy (non-hydrogen) atoms. The van der Waals surface area contributed by atoms with Crippen LogP contribution in [0, 0.1) is 5.92 Å². The number of carbonyl (C=O) groups is 2. The molecule has 2 aromatic rings. The number of ether oxygens (including phenoxy) is 1. The second-order valence-corrected chi connectivity index (χ2v) is 6.73. The monoisotopic (exact) mass is 391 g/mol.